The maximum atomic E-state index is 12.9. The summed E-state index contributed by atoms with van der Waals surface area (Å²) >= 11 is 1.49. The molecule has 0 spiro atoms. The number of carboxylic acids is 1. The Morgan fingerprint density at radius 1 is 1.21 bits per heavy atom. The fraction of sp³-hybridized carbons (Fsp3) is 0.200. The van der Waals surface area contributed by atoms with Crippen molar-refractivity contribution in [1.82, 2.24) is 10.3 Å². The van der Waals surface area contributed by atoms with Crippen molar-refractivity contribution in [1.29, 1.82) is 0 Å². The van der Waals surface area contributed by atoms with Gasteiger partial charge in [-0.1, -0.05) is 49.0 Å². The lowest BCUT2D eigenvalue weighted by atomic mass is 10.1. The Hall–Kier alpha value is -3.13. The number of rotatable bonds is 4. The molecule has 142 valence electrons. The van der Waals surface area contributed by atoms with E-state index in [0.717, 1.165) is 23.0 Å². The van der Waals surface area contributed by atoms with E-state index in [0.29, 0.717) is 16.2 Å². The van der Waals surface area contributed by atoms with E-state index in [9.17, 15) is 9.59 Å². The quantitative estimate of drug-likeness (QED) is 0.823. The van der Waals surface area contributed by atoms with Crippen LogP contribution < -0.4 is 15.9 Å². The normalized spacial score (nSPS) is 17.8. The number of thioether (sulfide) groups is 1. The molecule has 0 fully saturated rings. The first kappa shape index (κ1) is 18.2. The molecule has 0 saturated carbocycles. The van der Waals surface area contributed by atoms with Crippen LogP contribution in [-0.2, 0) is 4.79 Å². The molecule has 0 aliphatic carbocycles. The zero-order valence-electron chi connectivity index (χ0n) is 15.1. The second-order valence-electron chi connectivity index (χ2n) is 6.35. The minimum Gasteiger partial charge on any atom is -0.478 e. The highest BCUT2D eigenvalue weighted by Crippen LogP contribution is 2.30. The summed E-state index contributed by atoms with van der Waals surface area (Å²) in [6.07, 6.45) is 0.416. The van der Waals surface area contributed by atoms with Crippen molar-refractivity contribution in [3.05, 3.63) is 70.2 Å². The number of amides is 1. The second-order valence-corrected chi connectivity index (χ2v) is 7.43. The number of carbonyl (C=O) groups excluding carboxylic acids is 1. The first-order valence-electron chi connectivity index (χ1n) is 8.91. The van der Waals surface area contributed by atoms with Gasteiger partial charge in [-0.3, -0.25) is 15.1 Å². The number of fused-ring (bicyclic) bond motifs is 2. The topological polar surface area (TPSA) is 94.4 Å². The molecule has 0 radical (unpaired) electrons. The van der Waals surface area contributed by atoms with E-state index >= 15 is 0 Å². The van der Waals surface area contributed by atoms with E-state index < -0.39 is 12.1 Å². The summed E-state index contributed by atoms with van der Waals surface area (Å²) in [7, 11) is 0. The molecule has 1 unspecified atom stereocenters. The number of hydrogen-bond acceptors (Lipinski definition) is 6. The van der Waals surface area contributed by atoms with Crippen LogP contribution in [0.1, 0.15) is 35.4 Å². The number of aromatic carboxylic acids is 1. The van der Waals surface area contributed by atoms with Gasteiger partial charge in [0.05, 0.1) is 10.9 Å². The molecule has 28 heavy (non-hydrogen) atoms. The summed E-state index contributed by atoms with van der Waals surface area (Å²) in [5, 5.41) is 20.2. The van der Waals surface area contributed by atoms with Gasteiger partial charge in [0, 0.05) is 11.0 Å². The molecule has 2 heterocycles. The molecular weight excluding hydrogens is 376 g/mol. The van der Waals surface area contributed by atoms with Crippen molar-refractivity contribution in [3.63, 3.8) is 0 Å². The van der Waals surface area contributed by atoms with E-state index in [1.165, 1.54) is 23.9 Å². The number of hydrazone groups is 1. The zero-order valence-corrected chi connectivity index (χ0v) is 15.9. The maximum absolute atomic E-state index is 12.9. The average Bonchev–Trinajstić information content (AvgIpc) is 2.71. The molecule has 8 heteroatoms. The molecule has 7 nitrogen and oxygen atoms in total. The highest BCUT2D eigenvalue weighted by molar-refractivity contribution is 8.13. The van der Waals surface area contributed by atoms with E-state index in [4.69, 9.17) is 10.1 Å². The molecule has 2 N–H and O–H groups in total. The van der Waals surface area contributed by atoms with Gasteiger partial charge in [0.2, 0.25) is 0 Å². The Balaban J connectivity index is 1.85. The summed E-state index contributed by atoms with van der Waals surface area (Å²) in [6.45, 7) is 2.06. The molecule has 0 bridgehead atoms. The first-order chi connectivity index (χ1) is 13.6. The number of hydrogen-bond donors (Lipinski definition) is 2. The molecule has 1 amide bonds. The summed E-state index contributed by atoms with van der Waals surface area (Å²) in [5.41, 5.74) is 1.40. The van der Waals surface area contributed by atoms with Gasteiger partial charge in [-0.05, 0) is 30.2 Å². The summed E-state index contributed by atoms with van der Waals surface area (Å²) in [6, 6.07) is 13.9. The van der Waals surface area contributed by atoms with Crippen LogP contribution in [0, 0.1) is 0 Å². The second kappa shape index (κ2) is 7.47. The third kappa shape index (κ3) is 3.27. The first-order valence-corrected chi connectivity index (χ1v) is 9.89. The van der Waals surface area contributed by atoms with Crippen LogP contribution in [0.2, 0.25) is 0 Å². The van der Waals surface area contributed by atoms with Gasteiger partial charge in [-0.2, -0.15) is 0 Å². The van der Waals surface area contributed by atoms with Crippen molar-refractivity contribution in [2.24, 2.45) is 10.1 Å². The number of para-hydroxylation sites is 1. The van der Waals surface area contributed by atoms with Crippen molar-refractivity contribution >= 4 is 34.5 Å². The lowest BCUT2D eigenvalue weighted by Gasteiger charge is -2.34. The predicted octanol–water partition coefficient (Wildman–Crippen LogP) is 1.67. The zero-order chi connectivity index (χ0) is 19.7. The van der Waals surface area contributed by atoms with E-state index in [1.54, 1.807) is 17.1 Å². The van der Waals surface area contributed by atoms with Crippen LogP contribution in [0.3, 0.4) is 0 Å². The van der Waals surface area contributed by atoms with E-state index in [1.807, 2.05) is 24.3 Å². The van der Waals surface area contributed by atoms with Gasteiger partial charge < -0.3 is 5.11 Å². The Labute approximate surface area is 165 Å². The van der Waals surface area contributed by atoms with Crippen LogP contribution >= 0.6 is 11.8 Å². The van der Waals surface area contributed by atoms with Crippen molar-refractivity contribution in [2.75, 3.05) is 5.75 Å². The van der Waals surface area contributed by atoms with Gasteiger partial charge in [-0.25, -0.2) is 9.80 Å². The lowest BCUT2D eigenvalue weighted by Crippen LogP contribution is -2.50. The summed E-state index contributed by atoms with van der Waals surface area (Å²) in [4.78, 5) is 28.8. The molecule has 2 aromatic rings. The van der Waals surface area contributed by atoms with Crippen molar-refractivity contribution in [3.8, 4) is 0 Å². The third-order valence-electron chi connectivity index (χ3n) is 4.41. The highest BCUT2D eigenvalue weighted by atomic mass is 32.2. The Morgan fingerprint density at radius 2 is 1.96 bits per heavy atom. The molecule has 4 rings (SSSR count). The van der Waals surface area contributed by atoms with Crippen molar-refractivity contribution < 1.29 is 14.7 Å². The number of carbonyl (C=O) groups is 2. The molecule has 2 aliphatic heterocycles. The van der Waals surface area contributed by atoms with Gasteiger partial charge in [0.25, 0.3) is 5.91 Å². The monoisotopic (exact) mass is 394 g/mol. The minimum atomic E-state index is -0.988. The Morgan fingerprint density at radius 3 is 2.68 bits per heavy atom. The van der Waals surface area contributed by atoms with E-state index in [2.05, 4.69) is 17.3 Å². The SMILES string of the molecule is CCCSC1=NN2C(=c3ccccc3=NC2c2ccc(C(=O)O)cc2)C(=O)N1. The van der Waals surface area contributed by atoms with Crippen LogP contribution in [0.5, 0.6) is 0 Å². The molecular formula is C20H18N4O3S. The molecule has 2 aliphatic rings. The Kier molecular flexibility index (Phi) is 4.87. The third-order valence-corrected chi connectivity index (χ3v) is 5.48. The molecule has 0 saturated heterocycles. The average molecular weight is 394 g/mol. The number of nitrogens with one attached hydrogen (secondary N) is 1. The number of nitrogens with zero attached hydrogens (tertiary/aromatic N) is 3. The molecule has 1 atom stereocenters. The summed E-state index contributed by atoms with van der Waals surface area (Å²) < 4.78 is 0. The van der Waals surface area contributed by atoms with Gasteiger partial charge >= 0.3 is 5.97 Å². The lowest BCUT2D eigenvalue weighted by molar-refractivity contribution is -0.116. The molecule has 2 aromatic carbocycles. The minimum absolute atomic E-state index is 0.197. The van der Waals surface area contributed by atoms with Crippen LogP contribution in [0.15, 0.2) is 58.6 Å². The fourth-order valence-corrected chi connectivity index (χ4v) is 3.81. The van der Waals surface area contributed by atoms with Gasteiger partial charge in [-0.15, -0.1) is 5.10 Å². The Bertz CT molecular complexity index is 1100. The van der Waals surface area contributed by atoms with Gasteiger partial charge in [0.1, 0.15) is 5.70 Å². The highest BCUT2D eigenvalue weighted by Gasteiger charge is 2.34. The van der Waals surface area contributed by atoms with Crippen molar-refractivity contribution in [2.45, 2.75) is 19.5 Å². The van der Waals surface area contributed by atoms with Crippen LogP contribution in [0.4, 0.5) is 0 Å². The van der Waals surface area contributed by atoms with Crippen LogP contribution in [0.25, 0.3) is 5.70 Å². The largest absolute Gasteiger partial charge is 0.478 e. The van der Waals surface area contributed by atoms with Gasteiger partial charge in [0.15, 0.2) is 11.3 Å². The number of carboxylic acid groups (broad SMARTS) is 1. The maximum Gasteiger partial charge on any atom is 0.335 e. The van der Waals surface area contributed by atoms with E-state index in [-0.39, 0.29) is 11.5 Å². The smallest absolute Gasteiger partial charge is 0.335 e. The fourth-order valence-electron chi connectivity index (χ4n) is 3.11. The number of benzene rings is 2. The molecule has 0 aromatic heterocycles. The standard InChI is InChI=1S/C20H18N4O3S/c1-2-11-28-20-22-18(25)16-14-5-3-4-6-15(14)21-17(24(16)23-20)12-7-9-13(10-8-12)19(26)27/h3-10,17H,2,11H2,1H3,(H,26,27)(H,22,23,25). The summed E-state index contributed by atoms with van der Waals surface area (Å²) in [5.74, 6) is -0.366. The predicted molar refractivity (Wildman–Crippen MR) is 107 cm³/mol. The van der Waals surface area contributed by atoms with Crippen LogP contribution in [-0.4, -0.2) is 32.9 Å². The number of amidine groups is 1.